The molecular formula is C20H18ClN3O5. The molecule has 0 saturated heterocycles. The van der Waals surface area contributed by atoms with Crippen LogP contribution in [0.2, 0.25) is 5.15 Å². The van der Waals surface area contributed by atoms with Crippen LogP contribution in [0.1, 0.15) is 34.6 Å². The molecule has 2 heterocycles. The molecule has 0 radical (unpaired) electrons. The minimum atomic E-state index is -1.16. The number of fused-ring (bicyclic) bond motifs is 1. The van der Waals surface area contributed by atoms with E-state index in [1.165, 1.54) is 18.3 Å². The van der Waals surface area contributed by atoms with Crippen molar-refractivity contribution >= 4 is 41.0 Å². The molecule has 0 fully saturated rings. The maximum absolute atomic E-state index is 12.7. The first-order valence-electron chi connectivity index (χ1n) is 8.85. The number of rotatable bonds is 6. The van der Waals surface area contributed by atoms with E-state index in [1.807, 2.05) is 0 Å². The highest BCUT2D eigenvalue weighted by Crippen LogP contribution is 2.27. The van der Waals surface area contributed by atoms with Crippen LogP contribution in [0.5, 0.6) is 0 Å². The Kier molecular flexibility index (Phi) is 5.93. The van der Waals surface area contributed by atoms with Crippen molar-refractivity contribution in [3.63, 3.8) is 0 Å². The fourth-order valence-electron chi connectivity index (χ4n) is 3.02. The number of hydrogen-bond acceptors (Lipinski definition) is 6. The molecule has 0 saturated carbocycles. The van der Waals surface area contributed by atoms with E-state index in [1.54, 1.807) is 38.1 Å². The molecule has 3 amide bonds. The lowest BCUT2D eigenvalue weighted by atomic mass is 10.0. The highest BCUT2D eigenvalue weighted by Gasteiger charge is 2.44. The second kappa shape index (κ2) is 8.40. The smallest absolute Gasteiger partial charge is 0.330 e. The molecule has 1 aliphatic heterocycles. The van der Waals surface area contributed by atoms with E-state index in [9.17, 15) is 19.2 Å². The van der Waals surface area contributed by atoms with Gasteiger partial charge in [-0.05, 0) is 30.2 Å². The first-order valence-corrected chi connectivity index (χ1v) is 9.23. The van der Waals surface area contributed by atoms with E-state index in [4.69, 9.17) is 16.3 Å². The lowest BCUT2D eigenvalue weighted by molar-refractivity contribution is -0.152. The van der Waals surface area contributed by atoms with Crippen LogP contribution in [0.3, 0.4) is 0 Å². The molecule has 2 aromatic rings. The van der Waals surface area contributed by atoms with Crippen LogP contribution in [0.25, 0.3) is 0 Å². The predicted molar refractivity (Wildman–Crippen MR) is 104 cm³/mol. The van der Waals surface area contributed by atoms with Gasteiger partial charge in [-0.25, -0.2) is 9.78 Å². The van der Waals surface area contributed by atoms with Gasteiger partial charge in [-0.3, -0.25) is 19.3 Å². The van der Waals surface area contributed by atoms with Gasteiger partial charge in [-0.15, -0.1) is 0 Å². The Balaban J connectivity index is 1.69. The molecule has 0 aliphatic carbocycles. The van der Waals surface area contributed by atoms with E-state index >= 15 is 0 Å². The van der Waals surface area contributed by atoms with Gasteiger partial charge in [-0.1, -0.05) is 37.6 Å². The van der Waals surface area contributed by atoms with E-state index < -0.39 is 42.3 Å². The van der Waals surface area contributed by atoms with Gasteiger partial charge < -0.3 is 10.1 Å². The normalized spacial score (nSPS) is 14.0. The molecule has 3 rings (SSSR count). The van der Waals surface area contributed by atoms with Crippen LogP contribution in [0, 0.1) is 5.92 Å². The summed E-state index contributed by atoms with van der Waals surface area (Å²) < 4.78 is 5.09. The Morgan fingerprint density at radius 3 is 2.28 bits per heavy atom. The predicted octanol–water partition coefficient (Wildman–Crippen LogP) is 2.54. The summed E-state index contributed by atoms with van der Waals surface area (Å²) in [4.78, 5) is 54.8. The van der Waals surface area contributed by atoms with Crippen molar-refractivity contribution in [1.29, 1.82) is 0 Å². The highest BCUT2D eigenvalue weighted by atomic mass is 35.5. The van der Waals surface area contributed by atoms with Crippen molar-refractivity contribution in [2.45, 2.75) is 19.9 Å². The van der Waals surface area contributed by atoms with E-state index in [-0.39, 0.29) is 22.0 Å². The van der Waals surface area contributed by atoms with Crippen molar-refractivity contribution in [2.24, 2.45) is 5.92 Å². The molecule has 1 N–H and O–H groups in total. The molecule has 1 aromatic carbocycles. The van der Waals surface area contributed by atoms with Gasteiger partial charge in [0.2, 0.25) is 0 Å². The van der Waals surface area contributed by atoms with Gasteiger partial charge in [0, 0.05) is 6.20 Å². The molecule has 150 valence electrons. The van der Waals surface area contributed by atoms with Crippen molar-refractivity contribution < 1.29 is 23.9 Å². The van der Waals surface area contributed by atoms with Crippen LogP contribution in [-0.2, 0) is 14.3 Å². The standard InChI is InChI=1S/C20H18ClN3O5/c1-11(2)16(24-18(26)12-6-3-4-7-13(12)19(24)27)20(28)29-10-15(25)23-14-8-5-9-22-17(14)21/h3-9,11,16H,10H2,1-2H3,(H,23,25)/t16-/m0/s1. The Hall–Kier alpha value is -3.26. The maximum atomic E-state index is 12.7. The topological polar surface area (TPSA) is 106 Å². The van der Waals surface area contributed by atoms with Crippen molar-refractivity contribution in [2.75, 3.05) is 11.9 Å². The van der Waals surface area contributed by atoms with Gasteiger partial charge >= 0.3 is 5.97 Å². The van der Waals surface area contributed by atoms with E-state index in [0.717, 1.165) is 4.90 Å². The number of ether oxygens (including phenoxy) is 1. The van der Waals surface area contributed by atoms with Crippen LogP contribution in [0.15, 0.2) is 42.6 Å². The summed E-state index contributed by atoms with van der Waals surface area (Å²) in [6.45, 7) is 2.77. The molecule has 8 nitrogen and oxygen atoms in total. The lowest BCUT2D eigenvalue weighted by Gasteiger charge is -2.27. The number of carbonyl (C=O) groups excluding carboxylic acids is 4. The quantitative estimate of drug-likeness (QED) is 0.441. The first kappa shape index (κ1) is 20.5. The minimum absolute atomic E-state index is 0.0956. The lowest BCUT2D eigenvalue weighted by Crippen LogP contribution is -2.49. The number of halogens is 1. The molecule has 29 heavy (non-hydrogen) atoms. The Morgan fingerprint density at radius 1 is 1.10 bits per heavy atom. The van der Waals surface area contributed by atoms with Gasteiger partial charge in [0.25, 0.3) is 17.7 Å². The second-order valence-electron chi connectivity index (χ2n) is 6.71. The van der Waals surface area contributed by atoms with E-state index in [2.05, 4.69) is 10.3 Å². The fourth-order valence-corrected chi connectivity index (χ4v) is 3.19. The third-order valence-corrected chi connectivity index (χ3v) is 4.66. The third-order valence-electron chi connectivity index (χ3n) is 4.36. The first-order chi connectivity index (χ1) is 13.8. The largest absolute Gasteiger partial charge is 0.454 e. The molecule has 1 aliphatic rings. The SMILES string of the molecule is CC(C)[C@@H](C(=O)OCC(=O)Nc1cccnc1Cl)N1C(=O)c2ccccc2C1=O. The van der Waals surface area contributed by atoms with Crippen molar-refractivity contribution in [1.82, 2.24) is 9.88 Å². The number of hydrogen-bond donors (Lipinski definition) is 1. The van der Waals surface area contributed by atoms with Crippen LogP contribution >= 0.6 is 11.6 Å². The number of amides is 3. The molecule has 0 unspecified atom stereocenters. The second-order valence-corrected chi connectivity index (χ2v) is 7.07. The van der Waals surface area contributed by atoms with Crippen LogP contribution in [0.4, 0.5) is 5.69 Å². The number of aromatic nitrogens is 1. The monoisotopic (exact) mass is 415 g/mol. The summed E-state index contributed by atoms with van der Waals surface area (Å²) in [6.07, 6.45) is 1.47. The number of anilines is 1. The molecule has 1 atom stereocenters. The number of imide groups is 1. The molecule has 0 spiro atoms. The summed E-state index contributed by atoms with van der Waals surface area (Å²) in [5.74, 6) is -3.01. The zero-order valence-corrected chi connectivity index (χ0v) is 16.5. The van der Waals surface area contributed by atoms with Gasteiger partial charge in [0.1, 0.15) is 6.04 Å². The number of carbonyl (C=O) groups is 4. The zero-order valence-electron chi connectivity index (χ0n) is 15.7. The fraction of sp³-hybridized carbons (Fsp3) is 0.250. The van der Waals surface area contributed by atoms with Gasteiger partial charge in [0.05, 0.1) is 16.8 Å². The molecule has 0 bridgehead atoms. The number of nitrogens with zero attached hydrogens (tertiary/aromatic N) is 2. The Morgan fingerprint density at radius 2 is 1.72 bits per heavy atom. The number of nitrogens with one attached hydrogen (secondary N) is 1. The van der Waals surface area contributed by atoms with Gasteiger partial charge in [-0.2, -0.15) is 0 Å². The zero-order chi connectivity index (χ0) is 21.1. The number of esters is 1. The van der Waals surface area contributed by atoms with Crippen molar-refractivity contribution in [3.8, 4) is 0 Å². The Labute approximate surface area is 171 Å². The Bertz CT molecular complexity index is 957. The van der Waals surface area contributed by atoms with Crippen molar-refractivity contribution in [3.05, 3.63) is 58.9 Å². The molecular weight excluding hydrogens is 398 g/mol. The minimum Gasteiger partial charge on any atom is -0.454 e. The number of benzene rings is 1. The highest BCUT2D eigenvalue weighted by molar-refractivity contribution is 6.32. The van der Waals surface area contributed by atoms with Crippen LogP contribution < -0.4 is 5.32 Å². The van der Waals surface area contributed by atoms with Gasteiger partial charge in [0.15, 0.2) is 11.8 Å². The summed E-state index contributed by atoms with van der Waals surface area (Å²) >= 11 is 5.87. The van der Waals surface area contributed by atoms with Crippen LogP contribution in [-0.4, -0.2) is 46.2 Å². The molecule has 1 aromatic heterocycles. The number of pyridine rings is 1. The van der Waals surface area contributed by atoms with E-state index in [0.29, 0.717) is 0 Å². The summed E-state index contributed by atoms with van der Waals surface area (Å²) in [5, 5.41) is 2.57. The summed E-state index contributed by atoms with van der Waals surface area (Å²) in [7, 11) is 0. The maximum Gasteiger partial charge on any atom is 0.330 e. The summed E-state index contributed by atoms with van der Waals surface area (Å²) in [5.41, 5.74) is 0.746. The average molecular weight is 416 g/mol. The average Bonchev–Trinajstić information content (AvgIpc) is 2.94. The summed E-state index contributed by atoms with van der Waals surface area (Å²) in [6, 6.07) is 8.33. The third kappa shape index (κ3) is 4.12. The molecule has 9 heteroatoms.